The second kappa shape index (κ2) is 11.6. The van der Waals surface area contributed by atoms with E-state index in [9.17, 15) is 4.79 Å². The zero-order chi connectivity index (χ0) is 20.5. The Balaban J connectivity index is 1.79. The average Bonchev–Trinajstić information content (AvgIpc) is 2.63. The van der Waals surface area contributed by atoms with Crippen LogP contribution in [0, 0.1) is 0 Å². The molecule has 0 atom stereocenters. The third-order valence-corrected chi connectivity index (χ3v) is 4.50. The van der Waals surface area contributed by atoms with Gasteiger partial charge in [-0.1, -0.05) is 64.1 Å². The van der Waals surface area contributed by atoms with E-state index < -0.39 is 0 Å². The second-order valence-electron chi connectivity index (χ2n) is 5.49. The molecule has 0 saturated carbocycles. The molecule has 2 aromatic rings. The number of rotatable bonds is 9. The number of ether oxygens (including phenoxy) is 2. The summed E-state index contributed by atoms with van der Waals surface area (Å²) in [6.07, 6.45) is 2.06. The van der Waals surface area contributed by atoms with Gasteiger partial charge in [0.2, 0.25) is 0 Å². The van der Waals surface area contributed by atoms with Crippen molar-refractivity contribution in [3.8, 4) is 11.5 Å². The van der Waals surface area contributed by atoms with Gasteiger partial charge in [-0.2, -0.15) is 0 Å². The summed E-state index contributed by atoms with van der Waals surface area (Å²) in [6, 6.07) is 9.89. The van der Waals surface area contributed by atoms with Gasteiger partial charge >= 0.3 is 0 Å². The number of carbonyl (C=O) groups is 1. The van der Waals surface area contributed by atoms with Crippen molar-refractivity contribution < 1.29 is 14.3 Å². The minimum atomic E-state index is -0.203. The predicted molar refractivity (Wildman–Crippen MR) is 116 cm³/mol. The van der Waals surface area contributed by atoms with E-state index in [1.807, 2.05) is 0 Å². The van der Waals surface area contributed by atoms with Crippen molar-refractivity contribution in [1.82, 2.24) is 5.32 Å². The molecule has 0 fully saturated rings. The number of hydrogen-bond acceptors (Lipinski definition) is 3. The lowest BCUT2D eigenvalue weighted by atomic mass is 10.2. The Labute approximate surface area is 188 Å². The number of amides is 1. The number of nitrogens with one attached hydrogen (secondary N) is 1. The Kier molecular flexibility index (Phi) is 9.56. The van der Waals surface area contributed by atoms with Gasteiger partial charge in [0, 0.05) is 29.3 Å². The molecule has 1 N–H and O–H groups in total. The molecule has 0 heterocycles. The van der Waals surface area contributed by atoms with Crippen molar-refractivity contribution in [2.75, 3.05) is 19.8 Å². The monoisotopic (exact) mass is 481 g/mol. The third-order valence-electron chi connectivity index (χ3n) is 3.40. The highest BCUT2D eigenvalue weighted by Crippen LogP contribution is 2.37. The van der Waals surface area contributed by atoms with Crippen molar-refractivity contribution in [2.45, 2.75) is 6.42 Å². The van der Waals surface area contributed by atoms with Gasteiger partial charge in [0.1, 0.15) is 16.8 Å². The van der Waals surface area contributed by atoms with Gasteiger partial charge in [0.15, 0.2) is 5.75 Å². The summed E-state index contributed by atoms with van der Waals surface area (Å²) >= 11 is 29.3. The lowest BCUT2D eigenvalue weighted by molar-refractivity contribution is 0.0951. The molecule has 4 nitrogen and oxygen atoms in total. The topological polar surface area (TPSA) is 47.6 Å². The van der Waals surface area contributed by atoms with E-state index in [4.69, 9.17) is 67.5 Å². The molecule has 2 aromatic carbocycles. The number of carbonyl (C=O) groups excluding carboxylic acids is 1. The maximum atomic E-state index is 12.0. The highest BCUT2D eigenvalue weighted by Gasteiger charge is 2.11. The highest BCUT2D eigenvalue weighted by molar-refractivity contribution is 6.55. The first-order valence-electron chi connectivity index (χ1n) is 8.16. The van der Waals surface area contributed by atoms with Crippen molar-refractivity contribution in [2.24, 2.45) is 0 Å². The average molecular weight is 484 g/mol. The largest absolute Gasteiger partial charge is 0.490 e. The zero-order valence-electron chi connectivity index (χ0n) is 14.5. The van der Waals surface area contributed by atoms with Gasteiger partial charge in [-0.25, -0.2) is 0 Å². The number of hydrogen-bond donors (Lipinski definition) is 1. The summed E-state index contributed by atoms with van der Waals surface area (Å²) in [6.45, 7) is 0.925. The first-order valence-corrected chi connectivity index (χ1v) is 10.1. The maximum absolute atomic E-state index is 12.0. The smallest absolute Gasteiger partial charge is 0.251 e. The Bertz CT molecular complexity index is 830. The van der Waals surface area contributed by atoms with Gasteiger partial charge in [-0.05, 0) is 30.7 Å². The van der Waals surface area contributed by atoms with Crippen LogP contribution >= 0.6 is 58.0 Å². The molecule has 0 saturated heterocycles. The molecule has 2 rings (SSSR count). The molecule has 0 radical (unpaired) electrons. The normalized spacial score (nSPS) is 10.3. The van der Waals surface area contributed by atoms with Crippen LogP contribution in [0.25, 0.3) is 0 Å². The molecule has 0 bridgehead atoms. The van der Waals surface area contributed by atoms with E-state index in [1.54, 1.807) is 36.4 Å². The van der Waals surface area contributed by atoms with E-state index in [1.165, 1.54) is 6.08 Å². The summed E-state index contributed by atoms with van der Waals surface area (Å²) in [5, 5.41) is 3.92. The summed E-state index contributed by atoms with van der Waals surface area (Å²) in [5.41, 5.74) is 0.500. The zero-order valence-corrected chi connectivity index (χ0v) is 18.3. The molecule has 0 unspecified atom stereocenters. The standard InChI is InChI=1S/C19H16Cl5NO3/c20-13-4-1-3-12(9-13)19(26)25-6-2-7-28-18-15(21)10-14(11-16(18)22)27-8-5-17(23)24/h1,3-5,9-11H,2,6-8H2,(H,25,26). The molecule has 1 amide bonds. The van der Waals surface area contributed by atoms with E-state index in [-0.39, 0.29) is 17.0 Å². The molecule has 0 aliphatic carbocycles. The molecule has 0 aliphatic rings. The number of halogens is 5. The third kappa shape index (κ3) is 7.61. The molecule has 0 aliphatic heterocycles. The Hall–Kier alpha value is -1.30. The van der Waals surface area contributed by atoms with Crippen molar-refractivity contribution in [3.63, 3.8) is 0 Å². The molecular weight excluding hydrogens is 467 g/mol. The fourth-order valence-electron chi connectivity index (χ4n) is 2.14. The fourth-order valence-corrected chi connectivity index (χ4v) is 3.03. The van der Waals surface area contributed by atoms with Crippen LogP contribution in [0.1, 0.15) is 16.8 Å². The van der Waals surface area contributed by atoms with E-state index in [0.29, 0.717) is 51.7 Å². The lowest BCUT2D eigenvalue weighted by Crippen LogP contribution is -2.25. The second-order valence-corrected chi connectivity index (χ2v) is 7.75. The Morgan fingerprint density at radius 1 is 1.04 bits per heavy atom. The van der Waals surface area contributed by atoms with E-state index >= 15 is 0 Å². The summed E-state index contributed by atoms with van der Waals surface area (Å²) in [4.78, 5) is 12.0. The Morgan fingerprint density at radius 2 is 1.75 bits per heavy atom. The van der Waals surface area contributed by atoms with Gasteiger partial charge in [-0.15, -0.1) is 0 Å². The van der Waals surface area contributed by atoms with Gasteiger partial charge in [0.05, 0.1) is 16.7 Å². The molecule has 28 heavy (non-hydrogen) atoms. The maximum Gasteiger partial charge on any atom is 0.251 e. The summed E-state index contributed by atoms with van der Waals surface area (Å²) in [7, 11) is 0. The van der Waals surface area contributed by atoms with Gasteiger partial charge in [-0.3, -0.25) is 4.79 Å². The molecular formula is C19H16Cl5NO3. The van der Waals surface area contributed by atoms with Crippen molar-refractivity contribution in [3.05, 3.63) is 67.6 Å². The number of benzene rings is 2. The molecule has 0 aromatic heterocycles. The van der Waals surface area contributed by atoms with Crippen LogP contribution in [0.3, 0.4) is 0 Å². The minimum absolute atomic E-state index is 0.111. The van der Waals surface area contributed by atoms with E-state index in [2.05, 4.69) is 5.32 Å². The lowest BCUT2D eigenvalue weighted by Gasteiger charge is -2.12. The van der Waals surface area contributed by atoms with E-state index in [0.717, 1.165) is 0 Å². The first kappa shape index (κ1) is 23.0. The Morgan fingerprint density at radius 3 is 2.39 bits per heavy atom. The summed E-state index contributed by atoms with van der Waals surface area (Å²) < 4.78 is 11.2. The van der Waals surface area contributed by atoms with Crippen molar-refractivity contribution >= 4 is 63.9 Å². The molecule has 150 valence electrons. The van der Waals surface area contributed by atoms with Crippen LogP contribution < -0.4 is 14.8 Å². The molecule has 0 spiro atoms. The van der Waals surface area contributed by atoms with Crippen LogP contribution in [-0.4, -0.2) is 25.7 Å². The summed E-state index contributed by atoms with van der Waals surface area (Å²) in [5.74, 6) is 0.607. The minimum Gasteiger partial charge on any atom is -0.490 e. The van der Waals surface area contributed by atoms with Crippen LogP contribution in [0.4, 0.5) is 0 Å². The highest BCUT2D eigenvalue weighted by atomic mass is 35.5. The SMILES string of the molecule is O=C(NCCCOc1c(Cl)cc(OCC=C(Cl)Cl)cc1Cl)c1cccc(Cl)c1. The predicted octanol–water partition coefficient (Wildman–Crippen LogP) is 6.54. The van der Waals surface area contributed by atoms with Gasteiger partial charge in [0.25, 0.3) is 5.91 Å². The van der Waals surface area contributed by atoms with Crippen LogP contribution in [-0.2, 0) is 0 Å². The van der Waals surface area contributed by atoms with Crippen molar-refractivity contribution in [1.29, 1.82) is 0 Å². The van der Waals surface area contributed by atoms with Crippen LogP contribution in [0.2, 0.25) is 15.1 Å². The fraction of sp³-hybridized carbons (Fsp3) is 0.211. The van der Waals surface area contributed by atoms with Gasteiger partial charge < -0.3 is 14.8 Å². The van der Waals surface area contributed by atoms with Crippen LogP contribution in [0.5, 0.6) is 11.5 Å². The molecule has 9 heteroatoms. The van der Waals surface area contributed by atoms with Crippen LogP contribution in [0.15, 0.2) is 47.0 Å². The quantitative estimate of drug-likeness (QED) is 0.412. The first-order chi connectivity index (χ1) is 13.4.